The van der Waals surface area contributed by atoms with Crippen molar-refractivity contribution in [3.8, 4) is 5.75 Å². The summed E-state index contributed by atoms with van der Waals surface area (Å²) in [6.07, 6.45) is 7.33. The van der Waals surface area contributed by atoms with Crippen molar-refractivity contribution in [2.75, 3.05) is 18.5 Å². The second-order valence-corrected chi connectivity index (χ2v) is 7.53. The summed E-state index contributed by atoms with van der Waals surface area (Å²) in [7, 11) is 2.09. The Morgan fingerprint density at radius 3 is 2.14 bits per heavy atom. The lowest BCUT2D eigenvalue weighted by molar-refractivity contribution is -0.192. The fraction of sp³-hybridized carbons (Fsp3) is 0.714. The number of hydrogen-bond donors (Lipinski definition) is 2. The molecule has 29 heavy (non-hydrogen) atoms. The molecule has 0 radical (unpaired) electrons. The van der Waals surface area contributed by atoms with Gasteiger partial charge in [-0.25, -0.2) is 9.78 Å². The molecule has 2 heterocycles. The zero-order valence-corrected chi connectivity index (χ0v) is 17.6. The number of likely N-dealkylation sites (N-methyl/N-ethyl adjacent to an activating group) is 1. The standard InChI is InChI=1S/C19H32N2O.C2HF3O2/c1-4-5-6-7-8-9-10-11-12-17-18(22)15(2)16-13-14-21(3)19(16)20-17;3-2(4,5)1(6)7/h22H,4-14H2,1-3H3;(H,6,7). The van der Waals surface area contributed by atoms with Gasteiger partial charge in [0.15, 0.2) is 0 Å². The highest BCUT2D eigenvalue weighted by atomic mass is 19.4. The molecule has 166 valence electrons. The number of nitrogens with zero attached hydrogens (tertiary/aromatic N) is 2. The third-order valence-electron chi connectivity index (χ3n) is 5.16. The summed E-state index contributed by atoms with van der Waals surface area (Å²) in [6, 6.07) is 0. The van der Waals surface area contributed by atoms with Gasteiger partial charge in [-0.05, 0) is 31.7 Å². The number of carboxylic acid groups (broad SMARTS) is 1. The van der Waals surface area contributed by atoms with Crippen molar-refractivity contribution in [1.82, 2.24) is 4.98 Å². The highest BCUT2D eigenvalue weighted by Gasteiger charge is 2.38. The maximum absolute atomic E-state index is 10.6. The van der Waals surface area contributed by atoms with Crippen LogP contribution in [0.25, 0.3) is 0 Å². The van der Waals surface area contributed by atoms with Gasteiger partial charge in [-0.15, -0.1) is 0 Å². The third kappa shape index (κ3) is 8.11. The van der Waals surface area contributed by atoms with Crippen molar-refractivity contribution < 1.29 is 28.2 Å². The van der Waals surface area contributed by atoms with Crippen molar-refractivity contribution >= 4 is 11.8 Å². The van der Waals surface area contributed by atoms with Crippen LogP contribution in [0.1, 0.15) is 75.1 Å². The molecule has 2 N–H and O–H groups in total. The Labute approximate surface area is 170 Å². The van der Waals surface area contributed by atoms with Crippen molar-refractivity contribution in [3.05, 3.63) is 16.8 Å². The van der Waals surface area contributed by atoms with Crippen LogP contribution in [0.5, 0.6) is 5.75 Å². The summed E-state index contributed by atoms with van der Waals surface area (Å²) in [6.45, 7) is 5.31. The number of unbranched alkanes of at least 4 members (excludes halogenated alkanes) is 7. The van der Waals surface area contributed by atoms with Crippen molar-refractivity contribution in [2.24, 2.45) is 0 Å². The van der Waals surface area contributed by atoms with E-state index in [1.807, 2.05) is 6.92 Å². The summed E-state index contributed by atoms with van der Waals surface area (Å²) in [5.74, 6) is -1.23. The Bertz CT molecular complexity index is 664. The molecule has 1 aromatic heterocycles. The number of aliphatic carboxylic acids is 1. The van der Waals surface area contributed by atoms with E-state index >= 15 is 0 Å². The minimum Gasteiger partial charge on any atom is -0.506 e. The van der Waals surface area contributed by atoms with E-state index in [-0.39, 0.29) is 0 Å². The molecule has 0 saturated heterocycles. The van der Waals surface area contributed by atoms with Crippen LogP contribution in [0.15, 0.2) is 0 Å². The number of aromatic hydroxyl groups is 1. The lowest BCUT2D eigenvalue weighted by Crippen LogP contribution is -2.21. The molecule has 8 heteroatoms. The summed E-state index contributed by atoms with van der Waals surface area (Å²) in [5.41, 5.74) is 3.18. The first-order valence-electron chi connectivity index (χ1n) is 10.3. The fourth-order valence-electron chi connectivity index (χ4n) is 3.38. The van der Waals surface area contributed by atoms with Gasteiger partial charge in [0.05, 0.1) is 5.69 Å². The van der Waals surface area contributed by atoms with Crippen LogP contribution in [0.3, 0.4) is 0 Å². The molecule has 0 spiro atoms. The van der Waals surface area contributed by atoms with E-state index < -0.39 is 12.1 Å². The van der Waals surface area contributed by atoms with Gasteiger partial charge in [-0.2, -0.15) is 13.2 Å². The number of carboxylic acids is 1. The number of halogens is 3. The molecule has 0 unspecified atom stereocenters. The number of aromatic nitrogens is 1. The predicted octanol–water partition coefficient (Wildman–Crippen LogP) is 5.40. The van der Waals surface area contributed by atoms with Gasteiger partial charge in [0.1, 0.15) is 11.6 Å². The largest absolute Gasteiger partial charge is 0.506 e. The summed E-state index contributed by atoms with van der Waals surface area (Å²) in [4.78, 5) is 15.8. The van der Waals surface area contributed by atoms with E-state index in [9.17, 15) is 18.3 Å². The van der Waals surface area contributed by atoms with Crippen LogP contribution >= 0.6 is 0 Å². The van der Waals surface area contributed by atoms with Gasteiger partial charge in [-0.1, -0.05) is 51.9 Å². The molecule has 1 aromatic rings. The number of hydrogen-bond acceptors (Lipinski definition) is 4. The summed E-state index contributed by atoms with van der Waals surface area (Å²) < 4.78 is 31.7. The van der Waals surface area contributed by atoms with Crippen LogP contribution in [0.2, 0.25) is 0 Å². The molecule has 0 atom stereocenters. The molecule has 0 bridgehead atoms. The molecular weight excluding hydrogens is 385 g/mol. The van der Waals surface area contributed by atoms with E-state index in [1.54, 1.807) is 0 Å². The van der Waals surface area contributed by atoms with Crippen LogP contribution in [0.4, 0.5) is 19.0 Å². The Kier molecular flexibility index (Phi) is 10.3. The van der Waals surface area contributed by atoms with Gasteiger partial charge >= 0.3 is 12.1 Å². The Hall–Kier alpha value is -1.99. The number of rotatable bonds is 9. The second kappa shape index (κ2) is 11.9. The Morgan fingerprint density at radius 1 is 1.10 bits per heavy atom. The lowest BCUT2D eigenvalue weighted by atomic mass is 10.0. The second-order valence-electron chi connectivity index (χ2n) is 7.53. The maximum Gasteiger partial charge on any atom is 0.490 e. The molecule has 2 rings (SSSR count). The maximum atomic E-state index is 10.6. The zero-order valence-electron chi connectivity index (χ0n) is 17.6. The first-order valence-corrected chi connectivity index (χ1v) is 10.3. The van der Waals surface area contributed by atoms with Gasteiger partial charge in [0.25, 0.3) is 0 Å². The van der Waals surface area contributed by atoms with Crippen LogP contribution < -0.4 is 4.90 Å². The van der Waals surface area contributed by atoms with Crippen molar-refractivity contribution in [2.45, 2.75) is 84.2 Å². The van der Waals surface area contributed by atoms with E-state index in [1.165, 1.54) is 50.5 Å². The quantitative estimate of drug-likeness (QED) is 0.525. The number of fused-ring (bicyclic) bond motifs is 1. The number of pyridine rings is 1. The molecule has 0 amide bonds. The van der Waals surface area contributed by atoms with Crippen LogP contribution in [0, 0.1) is 6.92 Å². The SMILES string of the molecule is CCCCCCCCCCc1nc2c(c(C)c1O)CCN2C.O=C(O)C(F)(F)F. The molecular formula is C21H33F3N2O3. The van der Waals surface area contributed by atoms with Crippen LogP contribution in [-0.4, -0.2) is 40.9 Å². The smallest absolute Gasteiger partial charge is 0.490 e. The van der Waals surface area contributed by atoms with Gasteiger partial charge in [0.2, 0.25) is 0 Å². The first-order chi connectivity index (χ1) is 13.6. The summed E-state index contributed by atoms with van der Waals surface area (Å²) in [5, 5.41) is 17.5. The van der Waals surface area contributed by atoms with Gasteiger partial charge in [-0.3, -0.25) is 0 Å². The average molecular weight is 419 g/mol. The minimum atomic E-state index is -5.08. The highest BCUT2D eigenvalue weighted by Crippen LogP contribution is 2.35. The topological polar surface area (TPSA) is 73.7 Å². The fourth-order valence-corrected chi connectivity index (χ4v) is 3.38. The molecule has 0 saturated carbocycles. The molecule has 5 nitrogen and oxygen atoms in total. The molecule has 1 aliphatic rings. The van der Waals surface area contributed by atoms with Crippen molar-refractivity contribution in [3.63, 3.8) is 0 Å². The highest BCUT2D eigenvalue weighted by molar-refractivity contribution is 5.73. The molecule has 0 fully saturated rings. The van der Waals surface area contributed by atoms with Crippen molar-refractivity contribution in [1.29, 1.82) is 0 Å². The zero-order chi connectivity index (χ0) is 22.0. The number of aryl methyl sites for hydroxylation is 1. The van der Waals surface area contributed by atoms with Gasteiger partial charge in [0, 0.05) is 19.2 Å². The van der Waals surface area contributed by atoms with Gasteiger partial charge < -0.3 is 15.1 Å². The Balaban J connectivity index is 0.000000516. The van der Waals surface area contributed by atoms with Crippen LogP contribution in [-0.2, 0) is 17.6 Å². The first kappa shape index (κ1) is 25.0. The number of anilines is 1. The third-order valence-corrected chi connectivity index (χ3v) is 5.16. The number of alkyl halides is 3. The lowest BCUT2D eigenvalue weighted by Gasteiger charge is -2.15. The van der Waals surface area contributed by atoms with E-state index in [4.69, 9.17) is 14.9 Å². The monoisotopic (exact) mass is 418 g/mol. The van der Waals surface area contributed by atoms with E-state index in [0.717, 1.165) is 42.9 Å². The predicted molar refractivity (Wildman–Crippen MR) is 108 cm³/mol. The molecule has 0 aliphatic carbocycles. The average Bonchev–Trinajstić information content (AvgIpc) is 3.02. The summed E-state index contributed by atoms with van der Waals surface area (Å²) >= 11 is 0. The Morgan fingerprint density at radius 2 is 1.62 bits per heavy atom. The van der Waals surface area contributed by atoms with E-state index in [2.05, 4.69) is 18.9 Å². The molecule has 0 aromatic carbocycles. The molecule has 1 aliphatic heterocycles. The minimum absolute atomic E-state index is 0.442. The number of carbonyl (C=O) groups is 1. The van der Waals surface area contributed by atoms with E-state index in [0.29, 0.717) is 5.75 Å². The normalized spacial score (nSPS) is 13.1.